The van der Waals surface area contributed by atoms with E-state index in [4.69, 9.17) is 4.42 Å². The molecule has 2 aromatic heterocycles. The lowest BCUT2D eigenvalue weighted by Crippen LogP contribution is -1.78. The van der Waals surface area contributed by atoms with E-state index in [1.807, 2.05) is 17.4 Å². The van der Waals surface area contributed by atoms with E-state index in [9.17, 15) is 0 Å². The smallest absolute Gasteiger partial charge is 0.142 e. The average Bonchev–Trinajstić information content (AvgIpc) is 3.60. The first-order valence-corrected chi connectivity index (χ1v) is 12.3. The zero-order valence-corrected chi connectivity index (χ0v) is 19.2. The Kier molecular flexibility index (Phi) is 4.39. The van der Waals surface area contributed by atoms with Gasteiger partial charge in [-0.05, 0) is 49.8 Å². The second kappa shape index (κ2) is 7.72. The Labute approximate surface area is 200 Å². The first kappa shape index (κ1) is 19.3. The normalized spacial score (nSPS) is 11.5. The molecule has 0 N–H and O–H groups in total. The first-order chi connectivity index (χ1) is 16.9. The predicted octanol–water partition coefficient (Wildman–Crippen LogP) is 9.95. The Balaban J connectivity index is 0.000000118. The molecule has 8 rings (SSSR count). The van der Waals surface area contributed by atoms with Crippen molar-refractivity contribution in [1.29, 1.82) is 0 Å². The summed E-state index contributed by atoms with van der Waals surface area (Å²) in [6.07, 6.45) is 1.77. The molecular formula is C32H20OS. The van der Waals surface area contributed by atoms with Crippen molar-refractivity contribution < 1.29 is 4.42 Å². The van der Waals surface area contributed by atoms with Crippen LogP contribution in [0.2, 0.25) is 0 Å². The van der Waals surface area contributed by atoms with E-state index >= 15 is 0 Å². The number of rotatable bonds is 0. The van der Waals surface area contributed by atoms with Crippen LogP contribution >= 0.6 is 11.3 Å². The minimum atomic E-state index is 0.985. The Bertz CT molecular complexity index is 1690. The van der Waals surface area contributed by atoms with Crippen molar-refractivity contribution in [2.45, 2.75) is 0 Å². The standard InChI is InChI=1S/C16H10O.C16H10S/c2*1-2-7-13-11(5-1)12-6-3-4-8-14(12)16-15(13)9-10-17-16/h2*1-10H. The Morgan fingerprint density at radius 3 is 1.32 bits per heavy atom. The van der Waals surface area contributed by atoms with Gasteiger partial charge < -0.3 is 4.42 Å². The number of benzene rings is 6. The molecule has 2 heterocycles. The van der Waals surface area contributed by atoms with Gasteiger partial charge in [-0.3, -0.25) is 0 Å². The summed E-state index contributed by atoms with van der Waals surface area (Å²) < 4.78 is 7.04. The Morgan fingerprint density at radius 2 is 0.765 bits per heavy atom. The molecule has 160 valence electrons. The fraction of sp³-hybridized carbons (Fsp3) is 0. The molecule has 1 nitrogen and oxygen atoms in total. The molecule has 0 atom stereocenters. The summed E-state index contributed by atoms with van der Waals surface area (Å²) in [6.45, 7) is 0. The van der Waals surface area contributed by atoms with E-state index in [-0.39, 0.29) is 0 Å². The topological polar surface area (TPSA) is 13.1 Å². The number of hydrogen-bond donors (Lipinski definition) is 0. The van der Waals surface area contributed by atoms with Gasteiger partial charge in [0.15, 0.2) is 0 Å². The van der Waals surface area contributed by atoms with E-state index in [1.165, 1.54) is 58.6 Å². The molecule has 0 aliphatic carbocycles. The van der Waals surface area contributed by atoms with Crippen molar-refractivity contribution in [3.05, 3.63) is 121 Å². The molecule has 34 heavy (non-hydrogen) atoms. The van der Waals surface area contributed by atoms with Crippen LogP contribution in [0.4, 0.5) is 0 Å². The second-order valence-electron chi connectivity index (χ2n) is 8.51. The van der Waals surface area contributed by atoms with Crippen LogP contribution in [0.15, 0.2) is 125 Å². The van der Waals surface area contributed by atoms with Gasteiger partial charge in [-0.15, -0.1) is 11.3 Å². The third-order valence-corrected chi connectivity index (χ3v) is 7.64. The van der Waals surface area contributed by atoms with Crippen molar-refractivity contribution in [1.82, 2.24) is 0 Å². The van der Waals surface area contributed by atoms with Crippen LogP contribution < -0.4 is 0 Å². The molecule has 0 radical (unpaired) electrons. The number of fused-ring (bicyclic) bond motifs is 12. The van der Waals surface area contributed by atoms with Gasteiger partial charge in [0.25, 0.3) is 0 Å². The average molecular weight is 453 g/mol. The van der Waals surface area contributed by atoms with Gasteiger partial charge in [0, 0.05) is 26.2 Å². The molecule has 0 aliphatic rings. The molecule has 0 bridgehead atoms. The summed E-state index contributed by atoms with van der Waals surface area (Å²) in [4.78, 5) is 0. The van der Waals surface area contributed by atoms with Crippen LogP contribution in [-0.2, 0) is 0 Å². The minimum Gasteiger partial charge on any atom is -0.464 e. The van der Waals surface area contributed by atoms with Gasteiger partial charge in [-0.25, -0.2) is 0 Å². The summed E-state index contributed by atoms with van der Waals surface area (Å²) in [7, 11) is 0. The van der Waals surface area contributed by atoms with E-state index in [2.05, 4.69) is 109 Å². The molecule has 0 spiro atoms. The molecule has 2 heteroatoms. The van der Waals surface area contributed by atoms with E-state index in [0.29, 0.717) is 0 Å². The van der Waals surface area contributed by atoms with E-state index in [1.54, 1.807) is 6.26 Å². The lowest BCUT2D eigenvalue weighted by atomic mass is 9.99. The molecule has 0 aliphatic heterocycles. The third-order valence-electron chi connectivity index (χ3n) is 6.69. The van der Waals surface area contributed by atoms with Gasteiger partial charge in [0.05, 0.1) is 6.26 Å². The highest BCUT2D eigenvalue weighted by Gasteiger charge is 2.09. The maximum absolute atomic E-state index is 5.64. The van der Waals surface area contributed by atoms with Crippen LogP contribution in [0.3, 0.4) is 0 Å². The lowest BCUT2D eigenvalue weighted by molar-refractivity contribution is 0.619. The lowest BCUT2D eigenvalue weighted by Gasteiger charge is -2.06. The highest BCUT2D eigenvalue weighted by atomic mass is 32.1. The molecule has 0 amide bonds. The molecule has 0 saturated heterocycles. The van der Waals surface area contributed by atoms with Crippen molar-refractivity contribution in [2.24, 2.45) is 0 Å². The van der Waals surface area contributed by atoms with Crippen LogP contribution in [-0.4, -0.2) is 0 Å². The maximum atomic E-state index is 5.64. The largest absolute Gasteiger partial charge is 0.464 e. The van der Waals surface area contributed by atoms with Crippen LogP contribution in [0.5, 0.6) is 0 Å². The number of thiophene rings is 1. The van der Waals surface area contributed by atoms with Crippen LogP contribution in [0.25, 0.3) is 64.1 Å². The molecular weight excluding hydrogens is 432 g/mol. The van der Waals surface area contributed by atoms with Gasteiger partial charge in [-0.2, -0.15) is 0 Å². The molecule has 8 aromatic rings. The van der Waals surface area contributed by atoms with Gasteiger partial charge in [0.1, 0.15) is 5.58 Å². The quantitative estimate of drug-likeness (QED) is 0.209. The SMILES string of the molecule is c1ccc2c(c1)c1ccccc1c1occc21.c1ccc2c(c1)c1ccccc1c1sccc21. The minimum absolute atomic E-state index is 0.985. The van der Waals surface area contributed by atoms with Crippen molar-refractivity contribution in [2.75, 3.05) is 0 Å². The number of hydrogen-bond acceptors (Lipinski definition) is 2. The fourth-order valence-corrected chi connectivity index (χ4v) is 6.15. The Morgan fingerprint density at radius 1 is 0.382 bits per heavy atom. The Hall–Kier alpha value is -4.14. The summed E-state index contributed by atoms with van der Waals surface area (Å²) in [5.74, 6) is 0. The van der Waals surface area contributed by atoms with Crippen LogP contribution in [0.1, 0.15) is 0 Å². The maximum Gasteiger partial charge on any atom is 0.142 e. The molecule has 0 fully saturated rings. The molecule has 6 aromatic carbocycles. The van der Waals surface area contributed by atoms with Gasteiger partial charge in [-0.1, -0.05) is 97.1 Å². The van der Waals surface area contributed by atoms with Crippen molar-refractivity contribution in [3.63, 3.8) is 0 Å². The van der Waals surface area contributed by atoms with E-state index in [0.717, 1.165) is 5.58 Å². The highest BCUT2D eigenvalue weighted by molar-refractivity contribution is 7.18. The molecule has 0 unspecified atom stereocenters. The number of furan rings is 1. The van der Waals surface area contributed by atoms with Crippen LogP contribution in [0, 0.1) is 0 Å². The van der Waals surface area contributed by atoms with Crippen molar-refractivity contribution >= 4 is 75.5 Å². The highest BCUT2D eigenvalue weighted by Crippen LogP contribution is 2.37. The zero-order chi connectivity index (χ0) is 22.5. The van der Waals surface area contributed by atoms with E-state index < -0.39 is 0 Å². The first-order valence-electron chi connectivity index (χ1n) is 11.4. The third kappa shape index (κ3) is 2.86. The summed E-state index contributed by atoms with van der Waals surface area (Å²) in [5.41, 5.74) is 0.985. The fourth-order valence-electron chi connectivity index (χ4n) is 5.20. The summed E-state index contributed by atoms with van der Waals surface area (Å²) >= 11 is 1.83. The van der Waals surface area contributed by atoms with Gasteiger partial charge >= 0.3 is 0 Å². The second-order valence-corrected chi connectivity index (χ2v) is 9.43. The summed E-state index contributed by atoms with van der Waals surface area (Å²) in [5, 5.41) is 15.2. The predicted molar refractivity (Wildman–Crippen MR) is 148 cm³/mol. The monoisotopic (exact) mass is 452 g/mol. The summed E-state index contributed by atoms with van der Waals surface area (Å²) in [6, 6.07) is 38.5. The van der Waals surface area contributed by atoms with Crippen molar-refractivity contribution in [3.8, 4) is 0 Å². The zero-order valence-electron chi connectivity index (χ0n) is 18.4. The molecule has 0 saturated carbocycles. The van der Waals surface area contributed by atoms with Gasteiger partial charge in [0.2, 0.25) is 0 Å².